The van der Waals surface area contributed by atoms with E-state index in [1.807, 2.05) is 19.1 Å². The molecule has 0 amide bonds. The first-order valence-electron chi connectivity index (χ1n) is 5.54. The van der Waals surface area contributed by atoms with E-state index in [2.05, 4.69) is 6.92 Å². The predicted octanol–water partition coefficient (Wildman–Crippen LogP) is 2.88. The minimum Gasteiger partial charge on any atom is -0.508 e. The number of hydrogen-bond donors (Lipinski definition) is 2. The van der Waals surface area contributed by atoms with Gasteiger partial charge in [-0.1, -0.05) is 38.0 Å². The zero-order chi connectivity index (χ0) is 11.3. The molecule has 0 aromatic heterocycles. The summed E-state index contributed by atoms with van der Waals surface area (Å²) >= 11 is 0. The highest BCUT2D eigenvalue weighted by Crippen LogP contribution is 2.24. The highest BCUT2D eigenvalue weighted by atomic mass is 16.3. The zero-order valence-electron chi connectivity index (χ0n) is 9.53. The summed E-state index contributed by atoms with van der Waals surface area (Å²) in [4.78, 5) is 0. The van der Waals surface area contributed by atoms with Gasteiger partial charge < -0.3 is 10.2 Å². The number of phenolic OH excluding ortho intramolecular Hbond substituents is 1. The molecule has 2 nitrogen and oxygen atoms in total. The van der Waals surface area contributed by atoms with Crippen LogP contribution < -0.4 is 0 Å². The van der Waals surface area contributed by atoms with Crippen LogP contribution in [0.3, 0.4) is 0 Å². The average Bonchev–Trinajstić information content (AvgIpc) is 2.18. The maximum absolute atomic E-state index is 10.1. The number of para-hydroxylation sites is 1. The van der Waals surface area contributed by atoms with Gasteiger partial charge in [-0.25, -0.2) is 0 Å². The lowest BCUT2D eigenvalue weighted by Gasteiger charge is -2.23. The van der Waals surface area contributed by atoms with Gasteiger partial charge in [0.05, 0.1) is 5.60 Å². The molecular formula is C13H20O2. The number of hydrogen-bond acceptors (Lipinski definition) is 2. The van der Waals surface area contributed by atoms with E-state index in [0.717, 1.165) is 24.8 Å². The molecule has 2 heteroatoms. The maximum Gasteiger partial charge on any atom is 0.118 e. The van der Waals surface area contributed by atoms with Crippen LogP contribution in [0.4, 0.5) is 0 Å². The molecule has 0 radical (unpaired) electrons. The van der Waals surface area contributed by atoms with Crippen molar-refractivity contribution in [2.24, 2.45) is 0 Å². The molecule has 0 saturated carbocycles. The number of benzene rings is 1. The Hall–Kier alpha value is -1.02. The summed E-state index contributed by atoms with van der Waals surface area (Å²) < 4.78 is 0. The highest BCUT2D eigenvalue weighted by Gasteiger charge is 2.21. The van der Waals surface area contributed by atoms with Crippen molar-refractivity contribution in [3.05, 3.63) is 29.8 Å². The van der Waals surface area contributed by atoms with E-state index in [0.29, 0.717) is 6.42 Å². The fourth-order valence-electron chi connectivity index (χ4n) is 1.72. The number of aliphatic hydroxyl groups is 1. The van der Waals surface area contributed by atoms with E-state index in [9.17, 15) is 10.2 Å². The second-order valence-corrected chi connectivity index (χ2v) is 4.41. The summed E-state index contributed by atoms with van der Waals surface area (Å²) in [6.07, 6.45) is 3.38. The Morgan fingerprint density at radius 3 is 2.53 bits per heavy atom. The molecule has 0 unspecified atom stereocenters. The summed E-state index contributed by atoms with van der Waals surface area (Å²) in [6.45, 7) is 3.94. The second kappa shape index (κ2) is 5.17. The molecule has 0 aliphatic carbocycles. The first-order valence-corrected chi connectivity index (χ1v) is 5.54. The third kappa shape index (κ3) is 3.92. The van der Waals surface area contributed by atoms with Gasteiger partial charge in [-0.2, -0.15) is 0 Å². The van der Waals surface area contributed by atoms with Crippen molar-refractivity contribution >= 4 is 0 Å². The summed E-state index contributed by atoms with van der Waals surface area (Å²) in [6, 6.07) is 7.19. The van der Waals surface area contributed by atoms with Crippen LogP contribution in [0, 0.1) is 0 Å². The second-order valence-electron chi connectivity index (χ2n) is 4.41. The number of phenols is 1. The molecule has 0 spiro atoms. The van der Waals surface area contributed by atoms with Crippen molar-refractivity contribution in [2.75, 3.05) is 0 Å². The summed E-state index contributed by atoms with van der Waals surface area (Å²) in [5, 5.41) is 19.7. The highest BCUT2D eigenvalue weighted by molar-refractivity contribution is 5.32. The standard InChI is InChI=1S/C13H20O2/c1-3-4-9-13(2,15)10-11-7-5-6-8-12(11)14/h5-8,14-15H,3-4,9-10H2,1-2H3/t13-/m0/s1. The Kier molecular flexibility index (Phi) is 4.15. The van der Waals surface area contributed by atoms with E-state index in [4.69, 9.17) is 0 Å². The van der Waals surface area contributed by atoms with Crippen molar-refractivity contribution in [1.29, 1.82) is 0 Å². The van der Waals surface area contributed by atoms with E-state index in [1.54, 1.807) is 12.1 Å². The monoisotopic (exact) mass is 208 g/mol. The SMILES string of the molecule is CCCC[C@](C)(O)Cc1ccccc1O. The van der Waals surface area contributed by atoms with Crippen molar-refractivity contribution in [3.63, 3.8) is 0 Å². The van der Waals surface area contributed by atoms with Crippen LogP contribution in [0.5, 0.6) is 5.75 Å². The number of aromatic hydroxyl groups is 1. The molecule has 0 aliphatic heterocycles. The first-order chi connectivity index (χ1) is 7.05. The molecule has 0 heterocycles. The Bertz CT molecular complexity index is 305. The third-order valence-corrected chi connectivity index (χ3v) is 2.63. The largest absolute Gasteiger partial charge is 0.508 e. The summed E-state index contributed by atoms with van der Waals surface area (Å²) in [5.74, 6) is 0.272. The van der Waals surface area contributed by atoms with Crippen LogP contribution in [-0.2, 0) is 6.42 Å². The van der Waals surface area contributed by atoms with Gasteiger partial charge >= 0.3 is 0 Å². The lowest BCUT2D eigenvalue weighted by molar-refractivity contribution is 0.0484. The summed E-state index contributed by atoms with van der Waals surface area (Å²) in [7, 11) is 0. The van der Waals surface area contributed by atoms with Gasteiger partial charge in [0, 0.05) is 6.42 Å². The third-order valence-electron chi connectivity index (χ3n) is 2.63. The van der Waals surface area contributed by atoms with Crippen LogP contribution in [0.2, 0.25) is 0 Å². The smallest absolute Gasteiger partial charge is 0.118 e. The molecule has 0 fully saturated rings. The van der Waals surface area contributed by atoms with Crippen LogP contribution >= 0.6 is 0 Å². The molecule has 1 aromatic rings. The van der Waals surface area contributed by atoms with Gasteiger partial charge in [-0.3, -0.25) is 0 Å². The maximum atomic E-state index is 10.1. The minimum atomic E-state index is -0.713. The molecular weight excluding hydrogens is 188 g/mol. The van der Waals surface area contributed by atoms with Crippen LogP contribution in [-0.4, -0.2) is 15.8 Å². The van der Waals surface area contributed by atoms with E-state index in [-0.39, 0.29) is 5.75 Å². The Labute approximate surface area is 91.6 Å². The average molecular weight is 208 g/mol. The lowest BCUT2D eigenvalue weighted by atomic mass is 9.91. The fourth-order valence-corrected chi connectivity index (χ4v) is 1.72. The number of unbranched alkanes of at least 4 members (excludes halogenated alkanes) is 1. The van der Waals surface area contributed by atoms with Crippen molar-refractivity contribution < 1.29 is 10.2 Å². The van der Waals surface area contributed by atoms with E-state index < -0.39 is 5.60 Å². The summed E-state index contributed by atoms with van der Waals surface area (Å²) in [5.41, 5.74) is 0.105. The fraction of sp³-hybridized carbons (Fsp3) is 0.538. The zero-order valence-corrected chi connectivity index (χ0v) is 9.53. The molecule has 15 heavy (non-hydrogen) atoms. The number of rotatable bonds is 5. The van der Waals surface area contributed by atoms with Crippen molar-refractivity contribution in [1.82, 2.24) is 0 Å². The van der Waals surface area contributed by atoms with Crippen LogP contribution in [0.25, 0.3) is 0 Å². The molecule has 0 saturated heterocycles. The Morgan fingerprint density at radius 2 is 1.93 bits per heavy atom. The van der Waals surface area contributed by atoms with Gasteiger partial charge in [0.1, 0.15) is 5.75 Å². The first kappa shape index (κ1) is 12.1. The van der Waals surface area contributed by atoms with Crippen LogP contribution in [0.1, 0.15) is 38.7 Å². The van der Waals surface area contributed by atoms with Crippen molar-refractivity contribution in [3.8, 4) is 5.75 Å². The van der Waals surface area contributed by atoms with E-state index >= 15 is 0 Å². The molecule has 0 aliphatic rings. The van der Waals surface area contributed by atoms with E-state index in [1.165, 1.54) is 0 Å². The lowest BCUT2D eigenvalue weighted by Crippen LogP contribution is -2.26. The molecule has 1 atom stereocenters. The normalized spacial score (nSPS) is 14.9. The minimum absolute atomic E-state index is 0.272. The molecule has 1 rings (SSSR count). The quantitative estimate of drug-likeness (QED) is 0.781. The molecule has 0 bridgehead atoms. The van der Waals surface area contributed by atoms with Gasteiger partial charge in [-0.05, 0) is 25.0 Å². The topological polar surface area (TPSA) is 40.5 Å². The molecule has 84 valence electrons. The van der Waals surface area contributed by atoms with Gasteiger partial charge in [0.2, 0.25) is 0 Å². The van der Waals surface area contributed by atoms with Gasteiger partial charge in [0.15, 0.2) is 0 Å². The Morgan fingerprint density at radius 1 is 1.27 bits per heavy atom. The predicted molar refractivity (Wildman–Crippen MR) is 62.0 cm³/mol. The van der Waals surface area contributed by atoms with Crippen molar-refractivity contribution in [2.45, 2.75) is 45.1 Å². The van der Waals surface area contributed by atoms with Gasteiger partial charge in [0.25, 0.3) is 0 Å². The van der Waals surface area contributed by atoms with Gasteiger partial charge in [-0.15, -0.1) is 0 Å². The Balaban J connectivity index is 2.64. The van der Waals surface area contributed by atoms with Crippen LogP contribution in [0.15, 0.2) is 24.3 Å². The molecule has 1 aromatic carbocycles. The molecule has 2 N–H and O–H groups in total.